The minimum Gasteiger partial charge on any atom is -0.480 e. The van der Waals surface area contributed by atoms with Crippen LogP contribution >= 0.6 is 12.4 Å². The van der Waals surface area contributed by atoms with Crippen LogP contribution in [0.1, 0.15) is 26.3 Å². The molecule has 0 unspecified atom stereocenters. The van der Waals surface area contributed by atoms with E-state index >= 15 is 0 Å². The second-order valence-electron chi connectivity index (χ2n) is 6.10. The third-order valence-corrected chi connectivity index (χ3v) is 3.09. The molecular formula is C16H21ClN2O4. The first kappa shape index (κ1) is 18.8. The number of hydrogen-bond donors (Lipinski definition) is 3. The molecule has 2 rings (SSSR count). The molecule has 3 N–H and O–H groups in total. The summed E-state index contributed by atoms with van der Waals surface area (Å²) in [6.45, 7) is 5.17. The molecular weight excluding hydrogens is 320 g/mol. The Morgan fingerprint density at radius 1 is 1.30 bits per heavy atom. The lowest BCUT2D eigenvalue weighted by Crippen LogP contribution is -2.44. The number of carbonyl (C=O) groups excluding carboxylic acids is 1. The molecule has 1 heterocycles. The van der Waals surface area contributed by atoms with Gasteiger partial charge in [0.2, 0.25) is 0 Å². The summed E-state index contributed by atoms with van der Waals surface area (Å²) in [6, 6.07) is 6.56. The number of fused-ring (bicyclic) bond motifs is 1. The van der Waals surface area contributed by atoms with Gasteiger partial charge in [-0.1, -0.05) is 18.2 Å². The van der Waals surface area contributed by atoms with Crippen LogP contribution in [-0.4, -0.2) is 33.8 Å². The topological polar surface area (TPSA) is 91.4 Å². The Kier molecular flexibility index (Phi) is 6.04. The van der Waals surface area contributed by atoms with E-state index in [0.29, 0.717) is 0 Å². The smallest absolute Gasteiger partial charge is 0.408 e. The number of ether oxygens (including phenoxy) is 1. The molecule has 0 saturated carbocycles. The lowest BCUT2D eigenvalue weighted by atomic mass is 10.1. The van der Waals surface area contributed by atoms with Crippen LogP contribution in [-0.2, 0) is 16.0 Å². The summed E-state index contributed by atoms with van der Waals surface area (Å²) in [5, 5.41) is 12.7. The highest BCUT2D eigenvalue weighted by Gasteiger charge is 2.25. The Morgan fingerprint density at radius 2 is 1.96 bits per heavy atom. The maximum absolute atomic E-state index is 11.8. The third-order valence-electron chi connectivity index (χ3n) is 3.09. The van der Waals surface area contributed by atoms with Gasteiger partial charge in [0, 0.05) is 23.5 Å². The number of hydrogen-bond acceptors (Lipinski definition) is 3. The number of rotatable bonds is 4. The van der Waals surface area contributed by atoms with Crippen LogP contribution in [0, 0.1) is 0 Å². The number of benzene rings is 1. The molecule has 0 aliphatic rings. The maximum Gasteiger partial charge on any atom is 0.408 e. The van der Waals surface area contributed by atoms with Gasteiger partial charge in [-0.15, -0.1) is 12.4 Å². The van der Waals surface area contributed by atoms with Crippen LogP contribution in [0.2, 0.25) is 0 Å². The van der Waals surface area contributed by atoms with E-state index in [2.05, 4.69) is 10.3 Å². The fourth-order valence-corrected chi connectivity index (χ4v) is 2.17. The first-order valence-corrected chi connectivity index (χ1v) is 7.03. The van der Waals surface area contributed by atoms with Gasteiger partial charge in [0.25, 0.3) is 0 Å². The van der Waals surface area contributed by atoms with Gasteiger partial charge in [-0.05, 0) is 32.4 Å². The predicted molar refractivity (Wildman–Crippen MR) is 90.0 cm³/mol. The maximum atomic E-state index is 11.8. The third kappa shape index (κ3) is 5.17. The summed E-state index contributed by atoms with van der Waals surface area (Å²) >= 11 is 0. The first-order valence-electron chi connectivity index (χ1n) is 7.03. The van der Waals surface area contributed by atoms with E-state index in [9.17, 15) is 14.7 Å². The predicted octanol–water partition coefficient (Wildman–Crippen LogP) is 3.11. The lowest BCUT2D eigenvalue weighted by molar-refractivity contribution is -0.139. The number of carboxylic acids is 1. The van der Waals surface area contributed by atoms with Crippen molar-refractivity contribution < 1.29 is 19.4 Å². The number of halogens is 1. The quantitative estimate of drug-likeness (QED) is 0.797. The molecule has 1 aromatic carbocycles. The number of carboxylic acid groups (broad SMARTS) is 1. The molecule has 0 fully saturated rings. The van der Waals surface area contributed by atoms with Crippen LogP contribution in [0.3, 0.4) is 0 Å². The molecule has 1 aromatic heterocycles. The van der Waals surface area contributed by atoms with Gasteiger partial charge >= 0.3 is 12.1 Å². The highest BCUT2D eigenvalue weighted by molar-refractivity contribution is 5.86. The zero-order valence-electron chi connectivity index (χ0n) is 13.3. The molecule has 0 aliphatic carbocycles. The molecule has 1 amide bonds. The van der Waals surface area contributed by atoms with Gasteiger partial charge in [-0.2, -0.15) is 0 Å². The molecule has 1 atom stereocenters. The van der Waals surface area contributed by atoms with E-state index in [1.54, 1.807) is 27.0 Å². The Balaban J connectivity index is 0.00000264. The lowest BCUT2D eigenvalue weighted by Gasteiger charge is -2.21. The van der Waals surface area contributed by atoms with Crippen LogP contribution < -0.4 is 5.32 Å². The van der Waals surface area contributed by atoms with Crippen molar-refractivity contribution >= 4 is 35.4 Å². The number of H-pyrrole nitrogens is 1. The number of para-hydroxylation sites is 1. The van der Waals surface area contributed by atoms with Crippen molar-refractivity contribution in [2.75, 3.05) is 0 Å². The minimum atomic E-state index is -1.10. The number of aliphatic carboxylic acids is 1. The van der Waals surface area contributed by atoms with Crippen molar-refractivity contribution in [2.45, 2.75) is 38.8 Å². The van der Waals surface area contributed by atoms with Crippen LogP contribution in [0.15, 0.2) is 30.5 Å². The number of nitrogens with one attached hydrogen (secondary N) is 2. The van der Waals surface area contributed by atoms with Gasteiger partial charge in [0.1, 0.15) is 11.6 Å². The molecule has 2 aromatic rings. The highest BCUT2D eigenvalue weighted by atomic mass is 35.5. The van der Waals surface area contributed by atoms with E-state index in [-0.39, 0.29) is 18.8 Å². The Labute approximate surface area is 140 Å². The van der Waals surface area contributed by atoms with Crippen molar-refractivity contribution in [2.24, 2.45) is 0 Å². The second-order valence-corrected chi connectivity index (χ2v) is 6.10. The monoisotopic (exact) mass is 340 g/mol. The number of alkyl carbamates (subject to hydrolysis) is 1. The van der Waals surface area contributed by atoms with Crippen molar-refractivity contribution in [3.63, 3.8) is 0 Å². The normalized spacial score (nSPS) is 12.3. The zero-order valence-corrected chi connectivity index (χ0v) is 14.1. The van der Waals surface area contributed by atoms with Crippen LogP contribution in [0.25, 0.3) is 10.9 Å². The molecule has 6 nitrogen and oxygen atoms in total. The van der Waals surface area contributed by atoms with E-state index < -0.39 is 23.7 Å². The first-order chi connectivity index (χ1) is 10.3. The molecule has 0 bridgehead atoms. The summed E-state index contributed by atoms with van der Waals surface area (Å²) in [5.74, 6) is -1.10. The van der Waals surface area contributed by atoms with E-state index in [1.165, 1.54) is 0 Å². The average Bonchev–Trinajstić information content (AvgIpc) is 2.79. The summed E-state index contributed by atoms with van der Waals surface area (Å²) in [4.78, 5) is 26.2. The van der Waals surface area contributed by atoms with Crippen molar-refractivity contribution in [1.29, 1.82) is 0 Å². The summed E-state index contributed by atoms with van der Waals surface area (Å²) in [6.07, 6.45) is 1.20. The van der Waals surface area contributed by atoms with Crippen LogP contribution in [0.5, 0.6) is 0 Å². The number of amides is 1. The zero-order chi connectivity index (χ0) is 16.3. The number of aromatic nitrogens is 1. The average molecular weight is 341 g/mol. The molecule has 0 radical (unpaired) electrons. The Hall–Kier alpha value is -2.21. The van der Waals surface area contributed by atoms with Gasteiger partial charge in [0.15, 0.2) is 0 Å². The fourth-order valence-electron chi connectivity index (χ4n) is 2.17. The summed E-state index contributed by atoms with van der Waals surface area (Å²) < 4.78 is 5.10. The summed E-state index contributed by atoms with van der Waals surface area (Å²) in [7, 11) is 0. The number of aromatic amines is 1. The van der Waals surface area contributed by atoms with Crippen LogP contribution in [0.4, 0.5) is 4.79 Å². The van der Waals surface area contributed by atoms with Crippen molar-refractivity contribution in [3.05, 3.63) is 36.0 Å². The summed E-state index contributed by atoms with van der Waals surface area (Å²) in [5.41, 5.74) is 1.09. The Bertz CT molecular complexity index is 691. The second kappa shape index (κ2) is 7.37. The largest absolute Gasteiger partial charge is 0.480 e. The standard InChI is InChI=1S/C16H20N2O4.ClH/c1-16(2,3)22-15(21)18-13(14(19)20)8-10-9-17-12-7-5-4-6-11(10)12;/h4-7,9,13,17H,8H2,1-3H3,(H,18,21)(H,19,20);1H/t13-;/m1./s1. The van der Waals surface area contributed by atoms with Crippen molar-refractivity contribution in [3.8, 4) is 0 Å². The minimum absolute atomic E-state index is 0. The molecule has 0 saturated heterocycles. The van der Waals surface area contributed by atoms with E-state index in [4.69, 9.17) is 4.74 Å². The van der Waals surface area contributed by atoms with Gasteiger partial charge in [-0.3, -0.25) is 0 Å². The van der Waals surface area contributed by atoms with Crippen molar-refractivity contribution in [1.82, 2.24) is 10.3 Å². The fraction of sp³-hybridized carbons (Fsp3) is 0.375. The van der Waals surface area contributed by atoms with E-state index in [0.717, 1.165) is 16.5 Å². The Morgan fingerprint density at radius 3 is 2.57 bits per heavy atom. The SMILES string of the molecule is CC(C)(C)OC(=O)N[C@H](Cc1c[nH]c2ccccc12)C(=O)O.Cl. The molecule has 0 aliphatic heterocycles. The molecule has 126 valence electrons. The molecule has 7 heteroatoms. The van der Waals surface area contributed by atoms with E-state index in [1.807, 2.05) is 24.3 Å². The number of carbonyl (C=O) groups is 2. The highest BCUT2D eigenvalue weighted by Crippen LogP contribution is 2.19. The van der Waals surface area contributed by atoms with Gasteiger partial charge in [0.05, 0.1) is 0 Å². The van der Waals surface area contributed by atoms with Gasteiger partial charge < -0.3 is 20.1 Å². The van der Waals surface area contributed by atoms with Gasteiger partial charge in [-0.25, -0.2) is 9.59 Å². The molecule has 0 spiro atoms. The molecule has 23 heavy (non-hydrogen) atoms.